The van der Waals surface area contributed by atoms with Crippen molar-refractivity contribution in [2.24, 2.45) is 5.92 Å². The third kappa shape index (κ3) is 3.63. The van der Waals surface area contributed by atoms with Gasteiger partial charge in [-0.15, -0.1) is 0 Å². The van der Waals surface area contributed by atoms with Gasteiger partial charge in [0.1, 0.15) is 5.78 Å². The summed E-state index contributed by atoms with van der Waals surface area (Å²) in [7, 11) is 1.68. The first kappa shape index (κ1) is 12.2. The Labute approximate surface area is 91.0 Å². The molecule has 86 valence electrons. The summed E-state index contributed by atoms with van der Waals surface area (Å²) in [6, 6.07) is 0. The topological polar surface area (TPSA) is 49.4 Å². The molecule has 0 aromatic rings. The van der Waals surface area contributed by atoms with Gasteiger partial charge in [-0.3, -0.25) is 14.5 Å². The molecule has 1 aliphatic rings. The van der Waals surface area contributed by atoms with Gasteiger partial charge < -0.3 is 5.32 Å². The molecular weight excluding hydrogens is 192 g/mol. The Morgan fingerprint density at radius 3 is 2.40 bits per heavy atom. The molecule has 15 heavy (non-hydrogen) atoms. The smallest absolute Gasteiger partial charge is 0.222 e. The lowest BCUT2D eigenvalue weighted by Crippen LogP contribution is -2.41. The van der Waals surface area contributed by atoms with Crippen LogP contribution in [-0.4, -0.2) is 43.3 Å². The lowest BCUT2D eigenvalue weighted by atomic mass is 9.96. The van der Waals surface area contributed by atoms with E-state index in [1.54, 1.807) is 7.05 Å². The molecule has 1 N–H and O–H groups in total. The molecule has 0 saturated carbocycles. The molecule has 1 aliphatic heterocycles. The van der Waals surface area contributed by atoms with Crippen molar-refractivity contribution in [3.8, 4) is 0 Å². The minimum Gasteiger partial charge on any atom is -0.359 e. The number of hydrogen-bond donors (Lipinski definition) is 1. The molecule has 0 spiro atoms. The van der Waals surface area contributed by atoms with E-state index >= 15 is 0 Å². The van der Waals surface area contributed by atoms with Gasteiger partial charge in [-0.2, -0.15) is 0 Å². The Morgan fingerprint density at radius 2 is 1.93 bits per heavy atom. The lowest BCUT2D eigenvalue weighted by molar-refractivity contribution is -0.126. The van der Waals surface area contributed by atoms with Gasteiger partial charge in [0.25, 0.3) is 0 Å². The zero-order valence-electron chi connectivity index (χ0n) is 9.58. The molecule has 0 bridgehead atoms. The predicted molar refractivity (Wildman–Crippen MR) is 58.5 cm³/mol. The fourth-order valence-electron chi connectivity index (χ4n) is 1.92. The average Bonchev–Trinajstić information content (AvgIpc) is 2.29. The SMILES string of the molecule is CCC(=O)CN1CCC(C(=O)NC)CC1. The summed E-state index contributed by atoms with van der Waals surface area (Å²) in [5.41, 5.74) is 0. The van der Waals surface area contributed by atoms with Gasteiger partial charge in [-0.05, 0) is 25.9 Å². The van der Waals surface area contributed by atoms with Crippen LogP contribution in [0.1, 0.15) is 26.2 Å². The molecule has 4 nitrogen and oxygen atoms in total. The van der Waals surface area contributed by atoms with Crippen LogP contribution >= 0.6 is 0 Å². The van der Waals surface area contributed by atoms with E-state index in [0.29, 0.717) is 13.0 Å². The molecule has 0 radical (unpaired) electrons. The van der Waals surface area contributed by atoms with E-state index in [2.05, 4.69) is 10.2 Å². The third-order valence-electron chi connectivity index (χ3n) is 3.00. The molecule has 0 aromatic heterocycles. The van der Waals surface area contributed by atoms with Gasteiger partial charge in [-0.25, -0.2) is 0 Å². The molecule has 1 fully saturated rings. The highest BCUT2D eigenvalue weighted by molar-refractivity contribution is 5.80. The number of amides is 1. The van der Waals surface area contributed by atoms with Gasteiger partial charge in [0.2, 0.25) is 5.91 Å². The van der Waals surface area contributed by atoms with E-state index in [9.17, 15) is 9.59 Å². The number of nitrogens with one attached hydrogen (secondary N) is 1. The number of rotatable bonds is 4. The fraction of sp³-hybridized carbons (Fsp3) is 0.818. The molecule has 1 amide bonds. The molecule has 1 saturated heterocycles. The van der Waals surface area contributed by atoms with Crippen molar-refractivity contribution in [2.75, 3.05) is 26.7 Å². The Hall–Kier alpha value is -0.900. The van der Waals surface area contributed by atoms with E-state index in [0.717, 1.165) is 25.9 Å². The van der Waals surface area contributed by atoms with Crippen molar-refractivity contribution in [1.29, 1.82) is 0 Å². The zero-order chi connectivity index (χ0) is 11.3. The number of hydrogen-bond acceptors (Lipinski definition) is 3. The van der Waals surface area contributed by atoms with Gasteiger partial charge in [-0.1, -0.05) is 6.92 Å². The number of carbonyl (C=O) groups excluding carboxylic acids is 2. The largest absolute Gasteiger partial charge is 0.359 e. The van der Waals surface area contributed by atoms with Crippen LogP contribution in [0.5, 0.6) is 0 Å². The fourth-order valence-corrected chi connectivity index (χ4v) is 1.92. The summed E-state index contributed by atoms with van der Waals surface area (Å²) >= 11 is 0. The van der Waals surface area contributed by atoms with Crippen LogP contribution in [0.25, 0.3) is 0 Å². The lowest BCUT2D eigenvalue weighted by Gasteiger charge is -2.30. The highest BCUT2D eigenvalue weighted by Crippen LogP contribution is 2.16. The molecule has 4 heteroatoms. The number of piperidine rings is 1. The number of Topliss-reactive ketones (excluding diaryl/α,β-unsaturated/α-hetero) is 1. The second kappa shape index (κ2) is 5.85. The molecular formula is C11H20N2O2. The van der Waals surface area contributed by atoms with Gasteiger partial charge in [0, 0.05) is 19.4 Å². The van der Waals surface area contributed by atoms with Crippen LogP contribution in [0.15, 0.2) is 0 Å². The quantitative estimate of drug-likeness (QED) is 0.735. The minimum atomic E-state index is 0.136. The molecule has 1 rings (SSSR count). The average molecular weight is 212 g/mol. The maximum absolute atomic E-state index is 11.4. The van der Waals surface area contributed by atoms with Crippen LogP contribution in [0.4, 0.5) is 0 Å². The van der Waals surface area contributed by atoms with Crippen molar-refractivity contribution >= 4 is 11.7 Å². The standard InChI is InChI=1S/C11H20N2O2/c1-3-10(14)8-13-6-4-9(5-7-13)11(15)12-2/h9H,3-8H2,1-2H3,(H,12,15). The normalized spacial score (nSPS) is 18.8. The van der Waals surface area contributed by atoms with Crippen molar-refractivity contribution in [3.63, 3.8) is 0 Å². The number of likely N-dealkylation sites (tertiary alicyclic amines) is 1. The summed E-state index contributed by atoms with van der Waals surface area (Å²) in [6.45, 7) is 4.17. The van der Waals surface area contributed by atoms with E-state index < -0.39 is 0 Å². The van der Waals surface area contributed by atoms with Crippen molar-refractivity contribution in [1.82, 2.24) is 10.2 Å². The first-order chi connectivity index (χ1) is 7.17. The van der Waals surface area contributed by atoms with Gasteiger partial charge in [0.05, 0.1) is 6.54 Å². The van der Waals surface area contributed by atoms with E-state index in [-0.39, 0.29) is 17.6 Å². The Balaban J connectivity index is 2.29. The Kier molecular flexibility index (Phi) is 4.75. The first-order valence-corrected chi connectivity index (χ1v) is 5.63. The second-order valence-corrected chi connectivity index (χ2v) is 4.06. The summed E-state index contributed by atoms with van der Waals surface area (Å²) in [5, 5.41) is 2.68. The van der Waals surface area contributed by atoms with Crippen LogP contribution < -0.4 is 5.32 Å². The molecule has 1 heterocycles. The van der Waals surface area contributed by atoms with E-state index in [1.165, 1.54) is 0 Å². The summed E-state index contributed by atoms with van der Waals surface area (Å²) in [5.74, 6) is 0.563. The number of ketones is 1. The van der Waals surface area contributed by atoms with Crippen molar-refractivity contribution in [3.05, 3.63) is 0 Å². The Morgan fingerprint density at radius 1 is 1.33 bits per heavy atom. The third-order valence-corrected chi connectivity index (χ3v) is 3.00. The number of carbonyl (C=O) groups is 2. The summed E-state index contributed by atoms with van der Waals surface area (Å²) in [4.78, 5) is 24.7. The summed E-state index contributed by atoms with van der Waals surface area (Å²) < 4.78 is 0. The summed E-state index contributed by atoms with van der Waals surface area (Å²) in [6.07, 6.45) is 2.35. The van der Waals surface area contributed by atoms with Gasteiger partial charge >= 0.3 is 0 Å². The van der Waals surface area contributed by atoms with Crippen LogP contribution in [0.2, 0.25) is 0 Å². The van der Waals surface area contributed by atoms with Crippen molar-refractivity contribution < 1.29 is 9.59 Å². The van der Waals surface area contributed by atoms with Crippen LogP contribution in [0, 0.1) is 5.92 Å². The maximum atomic E-state index is 11.4. The highest BCUT2D eigenvalue weighted by atomic mass is 16.1. The monoisotopic (exact) mass is 212 g/mol. The van der Waals surface area contributed by atoms with Gasteiger partial charge in [0.15, 0.2) is 0 Å². The first-order valence-electron chi connectivity index (χ1n) is 5.63. The Bertz CT molecular complexity index is 233. The molecule has 0 atom stereocenters. The predicted octanol–water partition coefficient (Wildman–Crippen LogP) is 0.424. The highest BCUT2D eigenvalue weighted by Gasteiger charge is 2.24. The zero-order valence-corrected chi connectivity index (χ0v) is 9.58. The van der Waals surface area contributed by atoms with Crippen LogP contribution in [0.3, 0.4) is 0 Å². The van der Waals surface area contributed by atoms with E-state index in [1.807, 2.05) is 6.92 Å². The number of nitrogens with zero attached hydrogens (tertiary/aromatic N) is 1. The minimum absolute atomic E-state index is 0.136. The molecule has 0 aliphatic carbocycles. The molecule has 0 unspecified atom stereocenters. The van der Waals surface area contributed by atoms with Crippen molar-refractivity contribution in [2.45, 2.75) is 26.2 Å². The van der Waals surface area contributed by atoms with Crippen LogP contribution in [-0.2, 0) is 9.59 Å². The molecule has 0 aromatic carbocycles. The van der Waals surface area contributed by atoms with E-state index in [4.69, 9.17) is 0 Å². The maximum Gasteiger partial charge on any atom is 0.222 e. The second-order valence-electron chi connectivity index (χ2n) is 4.06.